The largest absolute Gasteiger partial charge is 0.389 e. The van der Waals surface area contributed by atoms with E-state index in [1.54, 1.807) is 12.3 Å². The Kier molecular flexibility index (Phi) is 7.93. The third-order valence-electron chi connectivity index (χ3n) is 7.62. The van der Waals surface area contributed by atoms with Gasteiger partial charge in [-0.15, -0.1) is 0 Å². The van der Waals surface area contributed by atoms with Crippen molar-refractivity contribution in [2.45, 2.75) is 75.5 Å². The molecule has 220 valence electrons. The fraction of sp³-hybridized carbons (Fsp3) is 0.519. The van der Waals surface area contributed by atoms with Crippen molar-refractivity contribution in [3.8, 4) is 0 Å². The number of fused-ring (bicyclic) bond motifs is 1. The zero-order valence-corrected chi connectivity index (χ0v) is 21.8. The van der Waals surface area contributed by atoms with Gasteiger partial charge < -0.3 is 10.6 Å². The Bertz CT molecular complexity index is 1410. The van der Waals surface area contributed by atoms with Crippen LogP contribution in [0.5, 0.6) is 0 Å². The Morgan fingerprint density at radius 1 is 1.05 bits per heavy atom. The van der Waals surface area contributed by atoms with E-state index in [1.807, 2.05) is 0 Å². The maximum Gasteiger partial charge on any atom is 0.389 e. The van der Waals surface area contributed by atoms with Crippen LogP contribution in [0.4, 0.5) is 26.3 Å². The van der Waals surface area contributed by atoms with Crippen LogP contribution in [0.15, 0.2) is 36.9 Å². The normalized spacial score (nSPS) is 19.1. The summed E-state index contributed by atoms with van der Waals surface area (Å²) in [5.41, 5.74) is 0.992. The molecule has 0 aromatic carbocycles. The lowest BCUT2D eigenvalue weighted by molar-refractivity contribution is -0.144. The van der Waals surface area contributed by atoms with Gasteiger partial charge in [0.2, 0.25) is 11.8 Å². The molecule has 2 N–H and O–H groups in total. The van der Waals surface area contributed by atoms with Gasteiger partial charge in [0.15, 0.2) is 11.5 Å². The van der Waals surface area contributed by atoms with Crippen molar-refractivity contribution in [2.24, 2.45) is 11.8 Å². The second-order valence-electron chi connectivity index (χ2n) is 10.8. The molecule has 0 bridgehead atoms. The predicted molar refractivity (Wildman–Crippen MR) is 133 cm³/mol. The molecule has 8 nitrogen and oxygen atoms in total. The molecule has 2 fully saturated rings. The molecule has 2 atom stereocenters. The fourth-order valence-corrected chi connectivity index (χ4v) is 5.24. The lowest BCUT2D eigenvalue weighted by Crippen LogP contribution is -2.37. The number of carbonyl (C=O) groups excluding carboxylic acids is 2. The van der Waals surface area contributed by atoms with Crippen molar-refractivity contribution in [2.75, 3.05) is 0 Å². The number of imidazole rings is 1. The second-order valence-corrected chi connectivity index (χ2v) is 10.8. The molecular formula is C27H28F6N6O2. The summed E-state index contributed by atoms with van der Waals surface area (Å²) < 4.78 is 81.2. The molecule has 0 spiro atoms. The first-order chi connectivity index (χ1) is 19.4. The number of pyridine rings is 1. The van der Waals surface area contributed by atoms with Gasteiger partial charge in [0.05, 0.1) is 48.4 Å². The summed E-state index contributed by atoms with van der Waals surface area (Å²) in [5, 5.41) is 9.80. The van der Waals surface area contributed by atoms with Gasteiger partial charge in [-0.1, -0.05) is 0 Å². The van der Waals surface area contributed by atoms with E-state index in [2.05, 4.69) is 25.7 Å². The maximum absolute atomic E-state index is 14.3. The Hall–Kier alpha value is -3.71. The maximum atomic E-state index is 14.3. The first-order valence-corrected chi connectivity index (χ1v) is 13.4. The molecule has 3 aromatic rings. The van der Waals surface area contributed by atoms with Gasteiger partial charge in [-0.2, -0.15) is 18.3 Å². The third kappa shape index (κ3) is 7.14. The number of rotatable bonds is 9. The number of hydrogen-bond acceptors (Lipinski definition) is 5. The molecule has 1 unspecified atom stereocenters. The lowest BCUT2D eigenvalue weighted by Gasteiger charge is -2.33. The molecule has 0 saturated heterocycles. The van der Waals surface area contributed by atoms with Crippen molar-refractivity contribution in [1.29, 1.82) is 0 Å². The minimum Gasteiger partial charge on any atom is -0.349 e. The van der Waals surface area contributed by atoms with Crippen LogP contribution in [0.3, 0.4) is 0 Å². The summed E-state index contributed by atoms with van der Waals surface area (Å²) >= 11 is 0. The predicted octanol–water partition coefficient (Wildman–Crippen LogP) is 5.47. The van der Waals surface area contributed by atoms with Crippen LogP contribution in [0.25, 0.3) is 5.65 Å². The highest BCUT2D eigenvalue weighted by molar-refractivity contribution is 5.94. The van der Waals surface area contributed by atoms with Crippen molar-refractivity contribution in [3.63, 3.8) is 0 Å². The number of aromatic nitrogens is 4. The fourth-order valence-electron chi connectivity index (χ4n) is 5.24. The topological polar surface area (TPSA) is 101 Å². The number of hydrogen-bond donors (Lipinski definition) is 2. The highest BCUT2D eigenvalue weighted by Gasteiger charge is 2.40. The first kappa shape index (κ1) is 28.8. The van der Waals surface area contributed by atoms with Gasteiger partial charge in [0.1, 0.15) is 0 Å². The van der Waals surface area contributed by atoms with Gasteiger partial charge in [-0.3, -0.25) is 14.6 Å². The zero-order chi connectivity index (χ0) is 29.4. The number of alkyl halides is 5. The van der Waals surface area contributed by atoms with Crippen LogP contribution in [0.1, 0.15) is 85.1 Å². The second kappa shape index (κ2) is 11.3. The molecule has 41 heavy (non-hydrogen) atoms. The van der Waals surface area contributed by atoms with E-state index in [0.29, 0.717) is 16.9 Å². The van der Waals surface area contributed by atoms with Crippen molar-refractivity contribution in [3.05, 3.63) is 59.6 Å². The Balaban J connectivity index is 1.40. The van der Waals surface area contributed by atoms with Crippen LogP contribution >= 0.6 is 0 Å². The Labute approximate surface area is 230 Å². The van der Waals surface area contributed by atoms with E-state index in [0.717, 1.165) is 19.0 Å². The van der Waals surface area contributed by atoms with Gasteiger partial charge >= 0.3 is 6.18 Å². The SMILES string of the molecule is O=C(CCC(F)(F)F)NC(c1cnn2cc([C@@H](NC(=O)c3ccncc3F)C3CCC(F)(F)CC3)nc2c1)C1CC1. The van der Waals surface area contributed by atoms with Crippen LogP contribution in [-0.2, 0) is 4.79 Å². The van der Waals surface area contributed by atoms with Crippen molar-refractivity contribution < 1.29 is 35.9 Å². The minimum atomic E-state index is -4.44. The van der Waals surface area contributed by atoms with Gasteiger partial charge in [-0.25, -0.2) is 22.7 Å². The van der Waals surface area contributed by atoms with Crippen molar-refractivity contribution in [1.82, 2.24) is 30.2 Å². The summed E-state index contributed by atoms with van der Waals surface area (Å²) in [4.78, 5) is 33.5. The number of carbonyl (C=O) groups is 2. The molecule has 2 amide bonds. The molecule has 0 radical (unpaired) electrons. The lowest BCUT2D eigenvalue weighted by atomic mass is 9.81. The third-order valence-corrected chi connectivity index (χ3v) is 7.62. The number of nitrogens with one attached hydrogen (secondary N) is 2. The van der Waals surface area contributed by atoms with E-state index in [-0.39, 0.29) is 37.2 Å². The van der Waals surface area contributed by atoms with E-state index < -0.39 is 60.6 Å². The van der Waals surface area contributed by atoms with Crippen LogP contribution in [0, 0.1) is 17.7 Å². The van der Waals surface area contributed by atoms with Crippen molar-refractivity contribution >= 4 is 17.5 Å². The number of amides is 2. The van der Waals surface area contributed by atoms with E-state index in [9.17, 15) is 35.9 Å². The smallest absolute Gasteiger partial charge is 0.349 e. The van der Waals surface area contributed by atoms with Gasteiger partial charge in [0, 0.05) is 25.5 Å². The molecule has 0 aliphatic heterocycles. The van der Waals surface area contributed by atoms with E-state index >= 15 is 0 Å². The monoisotopic (exact) mass is 582 g/mol. The Morgan fingerprint density at radius 2 is 1.76 bits per heavy atom. The minimum absolute atomic E-state index is 0.0507. The molecule has 3 heterocycles. The van der Waals surface area contributed by atoms with E-state index in [1.165, 1.54) is 23.0 Å². The van der Waals surface area contributed by atoms with E-state index in [4.69, 9.17) is 0 Å². The average Bonchev–Trinajstić information content (AvgIpc) is 3.67. The zero-order valence-electron chi connectivity index (χ0n) is 21.8. The standard InChI is InChI=1S/C27H28F6N6O2/c28-19-13-34-10-6-18(19)25(41)38-24(16-3-7-26(29,30)8-4-16)20-14-39-21(36-20)11-17(12-35-39)23(15-1-2-15)37-22(40)5-9-27(31,32)33/h6,10-16,23-24H,1-5,7-9H2,(H,37,40)(H,38,41)/t23?,24-/m0/s1. The van der Waals surface area contributed by atoms with Gasteiger partial charge in [-0.05, 0) is 55.2 Å². The first-order valence-electron chi connectivity index (χ1n) is 13.4. The molecule has 2 saturated carbocycles. The summed E-state index contributed by atoms with van der Waals surface area (Å²) in [6, 6.07) is 1.51. The number of halogens is 6. The van der Waals surface area contributed by atoms with Crippen LogP contribution in [0.2, 0.25) is 0 Å². The molecule has 2 aliphatic carbocycles. The quantitative estimate of drug-likeness (QED) is 0.326. The Morgan fingerprint density at radius 3 is 2.41 bits per heavy atom. The molecule has 3 aromatic heterocycles. The van der Waals surface area contributed by atoms with Crippen LogP contribution < -0.4 is 10.6 Å². The summed E-state index contributed by atoms with van der Waals surface area (Å²) in [6.45, 7) is 0. The van der Waals surface area contributed by atoms with Crippen LogP contribution in [-0.4, -0.2) is 43.5 Å². The van der Waals surface area contributed by atoms with Gasteiger partial charge in [0.25, 0.3) is 5.91 Å². The highest BCUT2D eigenvalue weighted by Crippen LogP contribution is 2.43. The summed E-state index contributed by atoms with van der Waals surface area (Å²) in [5.74, 6) is -5.45. The highest BCUT2D eigenvalue weighted by atomic mass is 19.4. The summed E-state index contributed by atoms with van der Waals surface area (Å²) in [6.07, 6.45) is -0.0566. The molecule has 14 heteroatoms. The number of nitrogens with zero attached hydrogens (tertiary/aromatic N) is 4. The molecule has 5 rings (SSSR count). The molecular weight excluding hydrogens is 554 g/mol. The molecule has 2 aliphatic rings. The summed E-state index contributed by atoms with van der Waals surface area (Å²) in [7, 11) is 0. The average molecular weight is 583 g/mol.